The number of rotatable bonds is 6. The molecule has 2 aromatic carbocycles. The maximum absolute atomic E-state index is 12.4. The van der Waals surface area contributed by atoms with Crippen molar-refractivity contribution in [2.75, 3.05) is 14.2 Å². The largest absolute Gasteiger partial charge is 0.497 e. The Kier molecular flexibility index (Phi) is 5.01. The Hall–Kier alpha value is -2.53. The normalized spacial score (nSPS) is 13.0. The van der Waals surface area contributed by atoms with E-state index in [1.165, 1.54) is 7.11 Å². The molecule has 0 saturated heterocycles. The van der Waals surface area contributed by atoms with E-state index in [9.17, 15) is 4.79 Å². The number of hydrogen-bond donors (Lipinski definition) is 1. The third-order valence-electron chi connectivity index (χ3n) is 3.33. The topological polar surface area (TPSA) is 56.8 Å². The second-order valence-corrected chi connectivity index (χ2v) is 4.81. The van der Waals surface area contributed by atoms with Crippen molar-refractivity contribution < 1.29 is 19.1 Å². The predicted octanol–water partition coefficient (Wildman–Crippen LogP) is 2.67. The standard InChI is InChI=1S/C17H19NO4/c1-17(16(19)18-21-3,13-7-5-4-6-8-13)22-15-11-9-14(20-2)10-12-15/h4-12H,1-3H3,(H,18,19). The minimum atomic E-state index is -1.22. The van der Waals surface area contributed by atoms with Crippen molar-refractivity contribution in [2.45, 2.75) is 12.5 Å². The number of hydrogen-bond acceptors (Lipinski definition) is 4. The van der Waals surface area contributed by atoms with Crippen LogP contribution in [-0.4, -0.2) is 20.1 Å². The lowest BCUT2D eigenvalue weighted by Gasteiger charge is -2.29. The van der Waals surface area contributed by atoms with Crippen molar-refractivity contribution in [1.29, 1.82) is 0 Å². The molecule has 5 nitrogen and oxygen atoms in total. The van der Waals surface area contributed by atoms with Gasteiger partial charge in [-0.15, -0.1) is 0 Å². The van der Waals surface area contributed by atoms with Gasteiger partial charge in [-0.25, -0.2) is 5.48 Å². The number of carbonyl (C=O) groups is 1. The van der Waals surface area contributed by atoms with Gasteiger partial charge in [-0.2, -0.15) is 0 Å². The van der Waals surface area contributed by atoms with E-state index < -0.39 is 11.5 Å². The number of benzene rings is 2. The molecule has 0 aromatic heterocycles. The lowest BCUT2D eigenvalue weighted by atomic mass is 9.95. The van der Waals surface area contributed by atoms with Gasteiger partial charge in [0, 0.05) is 5.56 Å². The first-order valence-corrected chi connectivity index (χ1v) is 6.82. The third kappa shape index (κ3) is 3.38. The molecule has 0 aliphatic carbocycles. The second-order valence-electron chi connectivity index (χ2n) is 4.81. The monoisotopic (exact) mass is 301 g/mol. The minimum Gasteiger partial charge on any atom is -0.497 e. The Labute approximate surface area is 129 Å². The van der Waals surface area contributed by atoms with E-state index in [-0.39, 0.29) is 0 Å². The summed E-state index contributed by atoms with van der Waals surface area (Å²) in [6.07, 6.45) is 0. The summed E-state index contributed by atoms with van der Waals surface area (Å²) >= 11 is 0. The molecular formula is C17H19NO4. The molecule has 0 fully saturated rings. The van der Waals surface area contributed by atoms with Crippen LogP contribution in [0.1, 0.15) is 12.5 Å². The maximum atomic E-state index is 12.4. The average molecular weight is 301 g/mol. The number of amides is 1. The number of carbonyl (C=O) groups excluding carboxylic acids is 1. The summed E-state index contributed by atoms with van der Waals surface area (Å²) in [6.45, 7) is 1.70. The zero-order valence-corrected chi connectivity index (χ0v) is 12.8. The summed E-state index contributed by atoms with van der Waals surface area (Å²) in [5.74, 6) is 0.880. The summed E-state index contributed by atoms with van der Waals surface area (Å²) < 4.78 is 11.1. The van der Waals surface area contributed by atoms with E-state index >= 15 is 0 Å². The molecule has 0 heterocycles. The van der Waals surface area contributed by atoms with Crippen molar-refractivity contribution in [3.05, 3.63) is 60.2 Å². The SMILES string of the molecule is CONC(=O)C(C)(Oc1ccc(OC)cc1)c1ccccc1. The zero-order valence-electron chi connectivity index (χ0n) is 12.8. The summed E-state index contributed by atoms with van der Waals surface area (Å²) in [5.41, 5.74) is 1.84. The van der Waals surface area contributed by atoms with Crippen molar-refractivity contribution in [3.63, 3.8) is 0 Å². The van der Waals surface area contributed by atoms with Crippen molar-refractivity contribution in [2.24, 2.45) is 0 Å². The van der Waals surface area contributed by atoms with E-state index in [4.69, 9.17) is 14.3 Å². The molecule has 1 atom stereocenters. The fraction of sp³-hybridized carbons (Fsp3) is 0.235. The molecule has 0 bridgehead atoms. The van der Waals surface area contributed by atoms with Crippen LogP contribution in [-0.2, 0) is 15.2 Å². The van der Waals surface area contributed by atoms with Crippen LogP contribution in [0.3, 0.4) is 0 Å². The van der Waals surface area contributed by atoms with Crippen molar-refractivity contribution in [1.82, 2.24) is 5.48 Å². The molecule has 116 valence electrons. The highest BCUT2D eigenvalue weighted by Gasteiger charge is 2.38. The lowest BCUT2D eigenvalue weighted by molar-refractivity contribution is -0.147. The molecule has 1 N–H and O–H groups in total. The highest BCUT2D eigenvalue weighted by molar-refractivity contribution is 5.85. The van der Waals surface area contributed by atoms with Crippen LogP contribution >= 0.6 is 0 Å². The molecule has 0 aliphatic rings. The van der Waals surface area contributed by atoms with Gasteiger partial charge in [0.05, 0.1) is 14.2 Å². The van der Waals surface area contributed by atoms with Crippen molar-refractivity contribution in [3.8, 4) is 11.5 Å². The second kappa shape index (κ2) is 6.95. The van der Waals surface area contributed by atoms with Crippen LogP contribution in [0.15, 0.2) is 54.6 Å². The highest BCUT2D eigenvalue weighted by atomic mass is 16.6. The van der Waals surface area contributed by atoms with Crippen LogP contribution in [0.25, 0.3) is 0 Å². The first-order chi connectivity index (χ1) is 10.6. The molecule has 1 unspecified atom stereocenters. The molecule has 22 heavy (non-hydrogen) atoms. The first-order valence-electron chi connectivity index (χ1n) is 6.82. The summed E-state index contributed by atoms with van der Waals surface area (Å²) in [4.78, 5) is 17.2. The number of ether oxygens (including phenoxy) is 2. The fourth-order valence-corrected chi connectivity index (χ4v) is 2.06. The van der Waals surface area contributed by atoms with Crippen LogP contribution in [0, 0.1) is 0 Å². The van der Waals surface area contributed by atoms with E-state index in [1.54, 1.807) is 38.3 Å². The van der Waals surface area contributed by atoms with E-state index in [0.29, 0.717) is 5.75 Å². The van der Waals surface area contributed by atoms with E-state index in [0.717, 1.165) is 11.3 Å². The molecule has 0 spiro atoms. The molecule has 1 amide bonds. The van der Waals surface area contributed by atoms with Gasteiger partial charge in [-0.3, -0.25) is 9.63 Å². The molecule has 5 heteroatoms. The Morgan fingerprint density at radius 1 is 0.955 bits per heavy atom. The first kappa shape index (κ1) is 15.9. The van der Waals surface area contributed by atoms with Crippen LogP contribution in [0.4, 0.5) is 0 Å². The van der Waals surface area contributed by atoms with Crippen LogP contribution in [0.2, 0.25) is 0 Å². The van der Waals surface area contributed by atoms with Crippen LogP contribution in [0.5, 0.6) is 11.5 Å². The van der Waals surface area contributed by atoms with Gasteiger partial charge in [0.15, 0.2) is 0 Å². The van der Waals surface area contributed by atoms with Gasteiger partial charge in [0.2, 0.25) is 5.60 Å². The van der Waals surface area contributed by atoms with Crippen LogP contribution < -0.4 is 15.0 Å². The quantitative estimate of drug-likeness (QED) is 0.833. The number of methoxy groups -OCH3 is 1. The Balaban J connectivity index is 2.33. The minimum absolute atomic E-state index is 0.392. The average Bonchev–Trinajstić information content (AvgIpc) is 2.56. The molecule has 0 radical (unpaired) electrons. The van der Waals surface area contributed by atoms with Gasteiger partial charge in [-0.05, 0) is 31.2 Å². The fourth-order valence-electron chi connectivity index (χ4n) is 2.06. The van der Waals surface area contributed by atoms with E-state index in [2.05, 4.69) is 5.48 Å². The third-order valence-corrected chi connectivity index (χ3v) is 3.33. The van der Waals surface area contributed by atoms with Gasteiger partial charge >= 0.3 is 0 Å². The number of nitrogens with one attached hydrogen (secondary N) is 1. The molecule has 2 rings (SSSR count). The molecule has 2 aromatic rings. The van der Waals surface area contributed by atoms with E-state index in [1.807, 2.05) is 30.3 Å². The Morgan fingerprint density at radius 3 is 2.09 bits per heavy atom. The van der Waals surface area contributed by atoms with Gasteiger partial charge in [0.1, 0.15) is 11.5 Å². The molecule has 0 aliphatic heterocycles. The summed E-state index contributed by atoms with van der Waals surface area (Å²) in [6, 6.07) is 16.3. The highest BCUT2D eigenvalue weighted by Crippen LogP contribution is 2.29. The smallest absolute Gasteiger partial charge is 0.292 e. The summed E-state index contributed by atoms with van der Waals surface area (Å²) in [5, 5.41) is 0. The Morgan fingerprint density at radius 2 is 1.55 bits per heavy atom. The van der Waals surface area contributed by atoms with Gasteiger partial charge < -0.3 is 9.47 Å². The van der Waals surface area contributed by atoms with Crippen molar-refractivity contribution >= 4 is 5.91 Å². The maximum Gasteiger partial charge on any atom is 0.292 e. The Bertz CT molecular complexity index is 612. The van der Waals surface area contributed by atoms with Gasteiger partial charge in [0.25, 0.3) is 5.91 Å². The molecule has 0 saturated carbocycles. The zero-order chi connectivity index (χ0) is 16.0. The lowest BCUT2D eigenvalue weighted by Crippen LogP contribution is -2.46. The summed E-state index contributed by atoms with van der Waals surface area (Å²) in [7, 11) is 2.98. The number of hydroxylamine groups is 1. The molecular weight excluding hydrogens is 282 g/mol. The predicted molar refractivity (Wildman–Crippen MR) is 82.6 cm³/mol. The van der Waals surface area contributed by atoms with Gasteiger partial charge in [-0.1, -0.05) is 30.3 Å².